The number of hydrogen-bond donors (Lipinski definition) is 0. The third kappa shape index (κ3) is 1.61. The van der Waals surface area contributed by atoms with Gasteiger partial charge in [0.1, 0.15) is 11.8 Å². The smallest absolute Gasteiger partial charge is 0.341 e. The van der Waals surface area contributed by atoms with Gasteiger partial charge in [0.15, 0.2) is 11.3 Å². The van der Waals surface area contributed by atoms with Crippen molar-refractivity contribution < 1.29 is 18.7 Å². The summed E-state index contributed by atoms with van der Waals surface area (Å²) in [5, 5.41) is 1.05. The van der Waals surface area contributed by atoms with Crippen LogP contribution in [-0.2, 0) is 4.74 Å². The SMILES string of the molecule is COC(=O)c1coc2c(OC)cc(Cl)cc12. The van der Waals surface area contributed by atoms with Crippen LogP contribution in [0.25, 0.3) is 11.0 Å². The number of methoxy groups -OCH3 is 2. The molecule has 0 spiro atoms. The first-order valence-corrected chi connectivity index (χ1v) is 4.88. The van der Waals surface area contributed by atoms with Crippen LogP contribution in [0.3, 0.4) is 0 Å². The number of fused-ring (bicyclic) bond motifs is 1. The van der Waals surface area contributed by atoms with Crippen molar-refractivity contribution in [3.05, 3.63) is 29.0 Å². The molecule has 2 aromatic rings. The monoisotopic (exact) mass is 240 g/mol. The summed E-state index contributed by atoms with van der Waals surface area (Å²) in [7, 11) is 2.81. The maximum absolute atomic E-state index is 11.4. The minimum absolute atomic E-state index is 0.332. The van der Waals surface area contributed by atoms with Gasteiger partial charge in [-0.1, -0.05) is 11.6 Å². The van der Waals surface area contributed by atoms with Crippen molar-refractivity contribution in [2.45, 2.75) is 0 Å². The van der Waals surface area contributed by atoms with Gasteiger partial charge in [0.05, 0.1) is 14.2 Å². The Balaban J connectivity index is 2.72. The molecule has 2 rings (SSSR count). The van der Waals surface area contributed by atoms with E-state index in [1.807, 2.05) is 0 Å². The van der Waals surface area contributed by atoms with Crippen LogP contribution in [0.4, 0.5) is 0 Å². The van der Waals surface area contributed by atoms with E-state index in [9.17, 15) is 4.79 Å². The molecule has 0 amide bonds. The molecule has 0 bridgehead atoms. The molecular formula is C11H9ClO4. The molecule has 0 unspecified atom stereocenters. The molecule has 5 heteroatoms. The van der Waals surface area contributed by atoms with E-state index in [-0.39, 0.29) is 0 Å². The molecule has 0 aliphatic carbocycles. The van der Waals surface area contributed by atoms with Crippen LogP contribution in [0.2, 0.25) is 5.02 Å². The van der Waals surface area contributed by atoms with Crippen molar-refractivity contribution in [2.24, 2.45) is 0 Å². The number of carbonyl (C=O) groups excluding carboxylic acids is 1. The summed E-state index contributed by atoms with van der Waals surface area (Å²) in [4.78, 5) is 11.4. The zero-order valence-electron chi connectivity index (χ0n) is 8.74. The van der Waals surface area contributed by atoms with Crippen molar-refractivity contribution in [3.8, 4) is 5.75 Å². The maximum atomic E-state index is 11.4. The summed E-state index contributed by atoms with van der Waals surface area (Å²) in [6.07, 6.45) is 1.33. The molecule has 0 aliphatic rings. The van der Waals surface area contributed by atoms with Crippen LogP contribution in [0.1, 0.15) is 10.4 Å². The molecule has 0 N–H and O–H groups in total. The van der Waals surface area contributed by atoms with Crippen molar-refractivity contribution in [1.82, 2.24) is 0 Å². The molecule has 0 radical (unpaired) electrons. The van der Waals surface area contributed by atoms with E-state index in [1.165, 1.54) is 20.5 Å². The van der Waals surface area contributed by atoms with Gasteiger partial charge in [-0.15, -0.1) is 0 Å². The van der Waals surface area contributed by atoms with Gasteiger partial charge in [0, 0.05) is 16.5 Å². The minimum atomic E-state index is -0.469. The number of halogens is 1. The van der Waals surface area contributed by atoms with Crippen molar-refractivity contribution in [2.75, 3.05) is 14.2 Å². The first-order chi connectivity index (χ1) is 7.67. The zero-order valence-corrected chi connectivity index (χ0v) is 9.50. The second kappa shape index (κ2) is 4.06. The van der Waals surface area contributed by atoms with E-state index < -0.39 is 5.97 Å². The first kappa shape index (κ1) is 10.8. The van der Waals surface area contributed by atoms with Crippen LogP contribution in [-0.4, -0.2) is 20.2 Å². The Morgan fingerprint density at radius 1 is 1.38 bits per heavy atom. The van der Waals surface area contributed by atoms with Crippen molar-refractivity contribution in [1.29, 1.82) is 0 Å². The van der Waals surface area contributed by atoms with Gasteiger partial charge < -0.3 is 13.9 Å². The van der Waals surface area contributed by atoms with Crippen LogP contribution < -0.4 is 4.74 Å². The Morgan fingerprint density at radius 3 is 2.75 bits per heavy atom. The minimum Gasteiger partial charge on any atom is -0.493 e. The second-order valence-electron chi connectivity index (χ2n) is 3.13. The molecule has 0 atom stereocenters. The Hall–Kier alpha value is -1.68. The lowest BCUT2D eigenvalue weighted by Crippen LogP contribution is -1.99. The Bertz CT molecular complexity index is 544. The highest BCUT2D eigenvalue weighted by molar-refractivity contribution is 6.31. The van der Waals surface area contributed by atoms with E-state index in [1.54, 1.807) is 12.1 Å². The van der Waals surface area contributed by atoms with Crippen molar-refractivity contribution >= 4 is 28.5 Å². The lowest BCUT2D eigenvalue weighted by molar-refractivity contribution is 0.0602. The standard InChI is InChI=1S/C11H9ClO4/c1-14-9-4-6(12)3-7-8(11(13)15-2)5-16-10(7)9/h3-5H,1-2H3. The van der Waals surface area contributed by atoms with Gasteiger partial charge in [-0.05, 0) is 6.07 Å². The molecule has 0 saturated heterocycles. The number of ether oxygens (including phenoxy) is 2. The average molecular weight is 241 g/mol. The summed E-state index contributed by atoms with van der Waals surface area (Å²) < 4.78 is 15.0. The molecule has 1 aromatic heterocycles. The van der Waals surface area contributed by atoms with Gasteiger partial charge in [-0.2, -0.15) is 0 Å². The summed E-state index contributed by atoms with van der Waals surface area (Å²) in [5.41, 5.74) is 0.811. The van der Waals surface area contributed by atoms with E-state index >= 15 is 0 Å². The number of rotatable bonds is 2. The molecule has 1 aromatic carbocycles. The second-order valence-corrected chi connectivity index (χ2v) is 3.56. The molecular weight excluding hydrogens is 232 g/mol. The summed E-state index contributed by atoms with van der Waals surface area (Å²) in [6.45, 7) is 0. The highest BCUT2D eigenvalue weighted by Crippen LogP contribution is 2.33. The third-order valence-corrected chi connectivity index (χ3v) is 2.45. The van der Waals surface area contributed by atoms with Crippen molar-refractivity contribution in [3.63, 3.8) is 0 Å². The van der Waals surface area contributed by atoms with Gasteiger partial charge >= 0.3 is 5.97 Å². The lowest BCUT2D eigenvalue weighted by atomic mass is 10.1. The van der Waals surface area contributed by atoms with E-state index in [0.29, 0.717) is 27.3 Å². The highest BCUT2D eigenvalue weighted by atomic mass is 35.5. The third-order valence-electron chi connectivity index (χ3n) is 2.23. The highest BCUT2D eigenvalue weighted by Gasteiger charge is 2.17. The van der Waals surface area contributed by atoms with E-state index in [4.69, 9.17) is 20.8 Å². The topological polar surface area (TPSA) is 48.7 Å². The molecule has 84 valence electrons. The predicted molar refractivity (Wildman–Crippen MR) is 59.1 cm³/mol. The van der Waals surface area contributed by atoms with Gasteiger partial charge in [0.25, 0.3) is 0 Å². The van der Waals surface area contributed by atoms with Crippen LogP contribution >= 0.6 is 11.6 Å². The average Bonchev–Trinajstić information content (AvgIpc) is 2.70. The number of esters is 1. The fourth-order valence-electron chi connectivity index (χ4n) is 1.49. The quantitative estimate of drug-likeness (QED) is 0.758. The van der Waals surface area contributed by atoms with Crippen LogP contribution in [0, 0.1) is 0 Å². The number of benzene rings is 1. The zero-order chi connectivity index (χ0) is 11.7. The predicted octanol–water partition coefficient (Wildman–Crippen LogP) is 2.88. The van der Waals surface area contributed by atoms with E-state index in [2.05, 4.69) is 4.74 Å². The maximum Gasteiger partial charge on any atom is 0.341 e. The van der Waals surface area contributed by atoms with Gasteiger partial charge in [0.2, 0.25) is 0 Å². The molecule has 16 heavy (non-hydrogen) atoms. The van der Waals surface area contributed by atoms with E-state index in [0.717, 1.165) is 0 Å². The molecule has 1 heterocycles. The molecule has 0 saturated carbocycles. The molecule has 4 nitrogen and oxygen atoms in total. The fraction of sp³-hybridized carbons (Fsp3) is 0.182. The first-order valence-electron chi connectivity index (χ1n) is 4.50. The normalized spacial score (nSPS) is 10.4. The Morgan fingerprint density at radius 2 is 2.12 bits per heavy atom. The summed E-state index contributed by atoms with van der Waals surface area (Å²) in [5.74, 6) is 0.0146. The fourth-order valence-corrected chi connectivity index (χ4v) is 1.70. The number of hydrogen-bond acceptors (Lipinski definition) is 4. The van der Waals surface area contributed by atoms with Crippen LogP contribution in [0.5, 0.6) is 5.75 Å². The number of furan rings is 1. The molecule has 0 aliphatic heterocycles. The summed E-state index contributed by atoms with van der Waals surface area (Å²) >= 11 is 5.91. The molecule has 0 fully saturated rings. The largest absolute Gasteiger partial charge is 0.493 e. The Labute approximate surface area is 96.7 Å². The summed E-state index contributed by atoms with van der Waals surface area (Å²) in [6, 6.07) is 3.25. The lowest BCUT2D eigenvalue weighted by Gasteiger charge is -2.01. The number of carbonyl (C=O) groups is 1. The van der Waals surface area contributed by atoms with Gasteiger partial charge in [-0.3, -0.25) is 0 Å². The van der Waals surface area contributed by atoms with Gasteiger partial charge in [-0.25, -0.2) is 4.79 Å². The van der Waals surface area contributed by atoms with Crippen LogP contribution in [0.15, 0.2) is 22.8 Å². The Kier molecular flexibility index (Phi) is 2.75.